The summed E-state index contributed by atoms with van der Waals surface area (Å²) >= 11 is 0. The van der Waals surface area contributed by atoms with E-state index in [9.17, 15) is 9.59 Å². The van der Waals surface area contributed by atoms with Gasteiger partial charge in [-0.1, -0.05) is 29.5 Å². The van der Waals surface area contributed by atoms with Gasteiger partial charge in [0.05, 0.1) is 19.2 Å². The molecule has 0 aliphatic rings. The van der Waals surface area contributed by atoms with Gasteiger partial charge in [-0.05, 0) is 55.0 Å². The Balaban J connectivity index is 1.55. The summed E-state index contributed by atoms with van der Waals surface area (Å²) in [5.74, 6) is 0.449. The molecular weight excluding hydrogens is 380 g/mol. The van der Waals surface area contributed by atoms with Crippen LogP contribution in [0.3, 0.4) is 0 Å². The Hall–Kier alpha value is -4.00. The average molecular weight is 400 g/mol. The standard InChI is InChI=1S/C23H20N4O3/c1-15(28)17-6-4-7-19(12-17)24-23(29)18-9-10-22-21(13-18)25-26-27(22)14-16-5-3-8-20(11-16)30-2/h3-13H,14H2,1-2H3,(H,24,29). The Labute approximate surface area is 173 Å². The summed E-state index contributed by atoms with van der Waals surface area (Å²) in [5.41, 5.74) is 4.06. The van der Waals surface area contributed by atoms with Crippen LogP contribution in [0, 0.1) is 0 Å². The number of rotatable bonds is 6. The lowest BCUT2D eigenvalue weighted by atomic mass is 10.1. The number of amides is 1. The molecule has 1 heterocycles. The molecule has 0 spiro atoms. The Bertz CT molecular complexity index is 1250. The van der Waals surface area contributed by atoms with Gasteiger partial charge < -0.3 is 10.1 Å². The number of nitrogens with one attached hydrogen (secondary N) is 1. The first-order valence-corrected chi connectivity index (χ1v) is 9.42. The number of hydrogen-bond donors (Lipinski definition) is 1. The van der Waals surface area contributed by atoms with Gasteiger partial charge in [-0.3, -0.25) is 9.59 Å². The van der Waals surface area contributed by atoms with Crippen molar-refractivity contribution in [2.45, 2.75) is 13.5 Å². The highest BCUT2D eigenvalue weighted by atomic mass is 16.5. The summed E-state index contributed by atoms with van der Waals surface area (Å²) in [4.78, 5) is 24.2. The smallest absolute Gasteiger partial charge is 0.255 e. The molecule has 0 saturated heterocycles. The fourth-order valence-corrected chi connectivity index (χ4v) is 3.19. The monoisotopic (exact) mass is 400 g/mol. The summed E-state index contributed by atoms with van der Waals surface area (Å²) in [5, 5.41) is 11.2. The first kappa shape index (κ1) is 19.3. The molecular formula is C23H20N4O3. The van der Waals surface area contributed by atoms with E-state index in [0.29, 0.717) is 28.9 Å². The van der Waals surface area contributed by atoms with Crippen LogP contribution >= 0.6 is 0 Å². The van der Waals surface area contributed by atoms with Gasteiger partial charge in [-0.25, -0.2) is 4.68 Å². The first-order valence-electron chi connectivity index (χ1n) is 9.42. The van der Waals surface area contributed by atoms with Crippen LogP contribution in [0.1, 0.15) is 33.2 Å². The molecule has 150 valence electrons. The maximum Gasteiger partial charge on any atom is 0.255 e. The highest BCUT2D eigenvalue weighted by molar-refractivity contribution is 6.06. The zero-order valence-electron chi connectivity index (χ0n) is 16.6. The van der Waals surface area contributed by atoms with E-state index in [0.717, 1.165) is 16.8 Å². The largest absolute Gasteiger partial charge is 0.497 e. The lowest BCUT2D eigenvalue weighted by molar-refractivity contribution is 0.101. The van der Waals surface area contributed by atoms with Crippen LogP contribution in [0.15, 0.2) is 66.7 Å². The minimum Gasteiger partial charge on any atom is -0.497 e. The maximum atomic E-state index is 12.6. The summed E-state index contributed by atoms with van der Waals surface area (Å²) in [6.07, 6.45) is 0. The zero-order chi connectivity index (χ0) is 21.1. The van der Waals surface area contributed by atoms with Gasteiger partial charge in [-0.2, -0.15) is 0 Å². The predicted molar refractivity (Wildman–Crippen MR) is 114 cm³/mol. The molecule has 0 bridgehead atoms. The van der Waals surface area contributed by atoms with Crippen molar-refractivity contribution < 1.29 is 14.3 Å². The minimum absolute atomic E-state index is 0.0554. The fraction of sp³-hybridized carbons (Fsp3) is 0.130. The minimum atomic E-state index is -0.278. The lowest BCUT2D eigenvalue weighted by Gasteiger charge is -2.07. The second-order valence-corrected chi connectivity index (χ2v) is 6.89. The van der Waals surface area contributed by atoms with E-state index in [4.69, 9.17) is 4.74 Å². The van der Waals surface area contributed by atoms with Crippen LogP contribution in [0.2, 0.25) is 0 Å². The molecule has 0 aliphatic heterocycles. The van der Waals surface area contributed by atoms with Gasteiger partial charge in [0.15, 0.2) is 5.78 Å². The molecule has 1 amide bonds. The second kappa shape index (κ2) is 8.16. The third kappa shape index (κ3) is 4.05. The van der Waals surface area contributed by atoms with Crippen molar-refractivity contribution in [3.05, 3.63) is 83.4 Å². The Morgan fingerprint density at radius 3 is 2.63 bits per heavy atom. The molecule has 4 rings (SSSR count). The molecule has 4 aromatic rings. The second-order valence-electron chi connectivity index (χ2n) is 6.89. The van der Waals surface area contributed by atoms with Crippen molar-refractivity contribution in [3.63, 3.8) is 0 Å². The maximum absolute atomic E-state index is 12.6. The topological polar surface area (TPSA) is 86.1 Å². The van der Waals surface area contributed by atoms with E-state index in [2.05, 4.69) is 15.6 Å². The van der Waals surface area contributed by atoms with Gasteiger partial charge in [0.25, 0.3) is 5.91 Å². The number of aromatic nitrogens is 3. The van der Waals surface area contributed by atoms with Crippen molar-refractivity contribution in [1.82, 2.24) is 15.0 Å². The number of fused-ring (bicyclic) bond motifs is 1. The van der Waals surface area contributed by atoms with E-state index in [1.807, 2.05) is 30.3 Å². The number of carbonyl (C=O) groups is 2. The van der Waals surface area contributed by atoms with E-state index in [-0.39, 0.29) is 11.7 Å². The van der Waals surface area contributed by atoms with Gasteiger partial charge >= 0.3 is 0 Å². The molecule has 0 fully saturated rings. The van der Waals surface area contributed by atoms with Crippen molar-refractivity contribution >= 4 is 28.4 Å². The Morgan fingerprint density at radius 1 is 1.00 bits per heavy atom. The van der Waals surface area contributed by atoms with Crippen LogP contribution in [-0.2, 0) is 6.54 Å². The third-order valence-electron chi connectivity index (χ3n) is 4.77. The summed E-state index contributed by atoms with van der Waals surface area (Å²) < 4.78 is 7.04. The molecule has 0 radical (unpaired) electrons. The van der Waals surface area contributed by atoms with E-state index in [1.54, 1.807) is 48.2 Å². The third-order valence-corrected chi connectivity index (χ3v) is 4.77. The number of hydrogen-bond acceptors (Lipinski definition) is 5. The van der Waals surface area contributed by atoms with Crippen molar-refractivity contribution in [2.24, 2.45) is 0 Å². The lowest BCUT2D eigenvalue weighted by Crippen LogP contribution is -2.12. The average Bonchev–Trinajstić information content (AvgIpc) is 3.16. The SMILES string of the molecule is COc1cccc(Cn2nnc3cc(C(=O)Nc4cccc(C(C)=O)c4)ccc32)c1. The van der Waals surface area contributed by atoms with Gasteiger partial charge in [0.2, 0.25) is 0 Å². The van der Waals surface area contributed by atoms with E-state index >= 15 is 0 Å². The van der Waals surface area contributed by atoms with Crippen LogP contribution in [0.25, 0.3) is 11.0 Å². The number of ketones is 1. The molecule has 3 aromatic carbocycles. The van der Waals surface area contributed by atoms with Crippen LogP contribution < -0.4 is 10.1 Å². The summed E-state index contributed by atoms with van der Waals surface area (Å²) in [6, 6.07) is 19.9. The van der Waals surface area contributed by atoms with Crippen LogP contribution in [0.4, 0.5) is 5.69 Å². The van der Waals surface area contributed by atoms with Crippen molar-refractivity contribution in [3.8, 4) is 5.75 Å². The number of anilines is 1. The zero-order valence-corrected chi connectivity index (χ0v) is 16.6. The molecule has 0 aliphatic carbocycles. The summed E-state index contributed by atoms with van der Waals surface area (Å²) in [6.45, 7) is 2.03. The molecule has 0 unspecified atom stereocenters. The number of Topliss-reactive ketones (excluding diaryl/α,β-unsaturated/α-hetero) is 1. The van der Waals surface area contributed by atoms with Crippen molar-refractivity contribution in [1.29, 1.82) is 0 Å². The Kier molecular flexibility index (Phi) is 5.26. The molecule has 0 atom stereocenters. The number of nitrogens with zero attached hydrogens (tertiary/aromatic N) is 3. The fourth-order valence-electron chi connectivity index (χ4n) is 3.19. The highest BCUT2D eigenvalue weighted by Gasteiger charge is 2.12. The van der Waals surface area contributed by atoms with Crippen molar-refractivity contribution in [2.75, 3.05) is 12.4 Å². The van der Waals surface area contributed by atoms with Crippen LogP contribution in [-0.4, -0.2) is 33.8 Å². The van der Waals surface area contributed by atoms with E-state index < -0.39 is 0 Å². The Morgan fingerprint density at radius 2 is 1.83 bits per heavy atom. The predicted octanol–water partition coefficient (Wildman–Crippen LogP) is 3.94. The van der Waals surface area contributed by atoms with Gasteiger partial charge in [0, 0.05) is 16.8 Å². The van der Waals surface area contributed by atoms with Gasteiger partial charge in [-0.15, -0.1) is 5.10 Å². The van der Waals surface area contributed by atoms with E-state index in [1.165, 1.54) is 6.92 Å². The molecule has 1 aromatic heterocycles. The molecule has 7 nitrogen and oxygen atoms in total. The highest BCUT2D eigenvalue weighted by Crippen LogP contribution is 2.19. The molecule has 7 heteroatoms. The van der Waals surface area contributed by atoms with Gasteiger partial charge in [0.1, 0.15) is 11.3 Å². The summed E-state index contributed by atoms with van der Waals surface area (Å²) in [7, 11) is 1.63. The first-order chi connectivity index (χ1) is 14.5. The molecule has 1 N–H and O–H groups in total. The molecule has 30 heavy (non-hydrogen) atoms. The molecule has 0 saturated carbocycles. The normalized spacial score (nSPS) is 10.7. The number of methoxy groups -OCH3 is 1. The number of carbonyl (C=O) groups excluding carboxylic acids is 2. The quantitative estimate of drug-likeness (QED) is 0.496. The number of ether oxygens (including phenoxy) is 1. The number of benzene rings is 3. The van der Waals surface area contributed by atoms with Crippen LogP contribution in [0.5, 0.6) is 5.75 Å².